The molecule has 0 fully saturated rings. The number of hydrogen-bond donors (Lipinski definition) is 0. The van der Waals surface area contributed by atoms with Gasteiger partial charge >= 0.3 is 0 Å². The Morgan fingerprint density at radius 2 is 0.787 bits per heavy atom. The third-order valence-corrected chi connectivity index (χ3v) is 12.5. The Kier molecular flexibility index (Phi) is 8.86. The number of rotatable bonds is 7. The Bertz CT molecular complexity index is 3260. The summed E-state index contributed by atoms with van der Waals surface area (Å²) in [6.07, 6.45) is 0. The highest BCUT2D eigenvalue weighted by Crippen LogP contribution is 2.50. The number of hydrogen-bond acceptors (Lipinski definition) is 2. The zero-order valence-electron chi connectivity index (χ0n) is 34.2. The average molecular weight is 779 g/mol. The van der Waals surface area contributed by atoms with Gasteiger partial charge in [-0.2, -0.15) is 0 Å². The summed E-state index contributed by atoms with van der Waals surface area (Å²) in [5, 5.41) is 2.33. The molecule has 0 amide bonds. The number of nitrogens with zero attached hydrogens (tertiary/aromatic N) is 2. The summed E-state index contributed by atoms with van der Waals surface area (Å²) in [7, 11) is 0. The maximum atomic E-state index is 5.30. The fraction of sp³-hybridized carbons (Fsp3) is 0.0508. The lowest BCUT2D eigenvalue weighted by Crippen LogP contribution is -2.14. The molecular weight excluding hydrogens is 737 g/mol. The van der Waals surface area contributed by atoms with E-state index in [-0.39, 0.29) is 5.41 Å². The van der Waals surface area contributed by atoms with Crippen molar-refractivity contribution in [3.05, 3.63) is 230 Å². The second-order valence-corrected chi connectivity index (χ2v) is 16.5. The van der Waals surface area contributed by atoms with E-state index in [1.54, 1.807) is 0 Å². The molecule has 10 aromatic rings. The predicted octanol–water partition coefficient (Wildman–Crippen LogP) is 15.6. The van der Waals surface area contributed by atoms with Crippen LogP contribution in [0.5, 0.6) is 0 Å². The molecule has 0 aliphatic heterocycles. The Morgan fingerprint density at radius 3 is 1.54 bits per heavy atom. The molecule has 11 rings (SSSR count). The van der Waals surface area contributed by atoms with Crippen molar-refractivity contribution < 1.29 is 0 Å². The molecule has 0 N–H and O–H groups in total. The molecule has 1 heterocycles. The minimum absolute atomic E-state index is 0.0530. The van der Waals surface area contributed by atoms with Crippen LogP contribution in [0.3, 0.4) is 0 Å². The molecule has 0 saturated carbocycles. The van der Waals surface area contributed by atoms with Crippen LogP contribution in [0.2, 0.25) is 0 Å². The van der Waals surface area contributed by atoms with Crippen molar-refractivity contribution in [2.75, 3.05) is 0 Å². The molecule has 1 aliphatic rings. The van der Waals surface area contributed by atoms with E-state index < -0.39 is 0 Å². The van der Waals surface area contributed by atoms with Gasteiger partial charge in [-0.05, 0) is 102 Å². The van der Waals surface area contributed by atoms with E-state index in [0.29, 0.717) is 5.82 Å². The first-order valence-corrected chi connectivity index (χ1v) is 21.1. The van der Waals surface area contributed by atoms with Gasteiger partial charge in [0.2, 0.25) is 0 Å². The number of fused-ring (bicyclic) bond motifs is 4. The fourth-order valence-electron chi connectivity index (χ4n) is 9.40. The SMILES string of the molecule is CC1(C)c2ccccc2-c2ccc(-c3cccc(-c4ccc(-c5cc(-c6ccc(-c7ccccc7)c(-c7ccccc7)c6)nc(-c6ccccc6)n5)c5ccccc45)c3)cc21. The molecule has 1 aliphatic carbocycles. The molecular formula is C59H42N2. The molecule has 2 nitrogen and oxygen atoms in total. The van der Waals surface area contributed by atoms with Crippen molar-refractivity contribution in [2.24, 2.45) is 0 Å². The average Bonchev–Trinajstić information content (AvgIpc) is 3.56. The quantitative estimate of drug-likeness (QED) is 0.161. The van der Waals surface area contributed by atoms with Crippen molar-refractivity contribution in [3.8, 4) is 89.5 Å². The van der Waals surface area contributed by atoms with Crippen LogP contribution in [0.25, 0.3) is 100 Å². The van der Waals surface area contributed by atoms with E-state index in [4.69, 9.17) is 9.97 Å². The van der Waals surface area contributed by atoms with E-state index in [9.17, 15) is 0 Å². The molecule has 0 radical (unpaired) electrons. The smallest absolute Gasteiger partial charge is 0.160 e. The first-order chi connectivity index (χ1) is 30.0. The summed E-state index contributed by atoms with van der Waals surface area (Å²) < 4.78 is 0. The minimum Gasteiger partial charge on any atom is -0.228 e. The molecule has 0 spiro atoms. The topological polar surface area (TPSA) is 25.8 Å². The summed E-state index contributed by atoms with van der Waals surface area (Å²) in [4.78, 5) is 10.5. The van der Waals surface area contributed by atoms with Crippen LogP contribution in [0.4, 0.5) is 0 Å². The Hall–Kier alpha value is -7.68. The molecule has 9 aromatic carbocycles. The Morgan fingerprint density at radius 1 is 0.279 bits per heavy atom. The van der Waals surface area contributed by atoms with Crippen molar-refractivity contribution >= 4 is 10.8 Å². The van der Waals surface area contributed by atoms with Gasteiger partial charge in [0.25, 0.3) is 0 Å². The molecule has 1 aromatic heterocycles. The Labute approximate surface area is 357 Å². The van der Waals surface area contributed by atoms with Gasteiger partial charge < -0.3 is 0 Å². The summed E-state index contributed by atoms with van der Waals surface area (Å²) in [5.74, 6) is 0.697. The molecule has 61 heavy (non-hydrogen) atoms. The van der Waals surface area contributed by atoms with Crippen LogP contribution in [-0.4, -0.2) is 9.97 Å². The van der Waals surface area contributed by atoms with Crippen molar-refractivity contribution in [3.63, 3.8) is 0 Å². The molecule has 0 saturated heterocycles. The van der Waals surface area contributed by atoms with Crippen LogP contribution in [0, 0.1) is 0 Å². The van der Waals surface area contributed by atoms with Crippen molar-refractivity contribution in [1.29, 1.82) is 0 Å². The largest absolute Gasteiger partial charge is 0.228 e. The fourth-order valence-corrected chi connectivity index (χ4v) is 9.40. The first kappa shape index (κ1) is 36.4. The third-order valence-electron chi connectivity index (χ3n) is 12.5. The van der Waals surface area contributed by atoms with Crippen LogP contribution in [0.15, 0.2) is 218 Å². The second-order valence-electron chi connectivity index (χ2n) is 16.5. The van der Waals surface area contributed by atoms with Crippen molar-refractivity contribution in [1.82, 2.24) is 9.97 Å². The summed E-state index contributed by atoms with van der Waals surface area (Å²) in [6, 6.07) is 78.5. The van der Waals surface area contributed by atoms with Gasteiger partial charge in [-0.15, -0.1) is 0 Å². The van der Waals surface area contributed by atoms with Crippen LogP contribution < -0.4 is 0 Å². The van der Waals surface area contributed by atoms with Gasteiger partial charge in [0.15, 0.2) is 5.82 Å². The zero-order valence-corrected chi connectivity index (χ0v) is 34.2. The van der Waals surface area contributed by atoms with E-state index in [1.165, 1.54) is 61.0 Å². The lowest BCUT2D eigenvalue weighted by Gasteiger charge is -2.22. The van der Waals surface area contributed by atoms with Gasteiger partial charge in [0, 0.05) is 22.1 Å². The molecule has 0 bridgehead atoms. The summed E-state index contributed by atoms with van der Waals surface area (Å²) >= 11 is 0. The summed E-state index contributed by atoms with van der Waals surface area (Å²) in [5.41, 5.74) is 19.8. The van der Waals surface area contributed by atoms with Crippen LogP contribution in [-0.2, 0) is 5.41 Å². The zero-order chi connectivity index (χ0) is 40.9. The van der Waals surface area contributed by atoms with E-state index in [2.05, 4.69) is 214 Å². The molecule has 0 unspecified atom stereocenters. The highest BCUT2D eigenvalue weighted by atomic mass is 14.9. The monoisotopic (exact) mass is 778 g/mol. The third kappa shape index (κ3) is 6.45. The molecule has 288 valence electrons. The summed E-state index contributed by atoms with van der Waals surface area (Å²) in [6.45, 7) is 4.69. The number of aromatic nitrogens is 2. The highest BCUT2D eigenvalue weighted by Gasteiger charge is 2.35. The van der Waals surface area contributed by atoms with Crippen LogP contribution in [0.1, 0.15) is 25.0 Å². The predicted molar refractivity (Wildman–Crippen MR) is 255 cm³/mol. The highest BCUT2D eigenvalue weighted by molar-refractivity contribution is 6.05. The van der Waals surface area contributed by atoms with E-state index >= 15 is 0 Å². The normalized spacial score (nSPS) is 12.6. The van der Waals surface area contributed by atoms with E-state index in [1.807, 2.05) is 18.2 Å². The van der Waals surface area contributed by atoms with Gasteiger partial charge in [-0.3, -0.25) is 0 Å². The Balaban J connectivity index is 1.03. The number of benzene rings is 9. The van der Waals surface area contributed by atoms with Crippen molar-refractivity contribution in [2.45, 2.75) is 19.3 Å². The molecule has 0 atom stereocenters. The maximum absolute atomic E-state index is 5.30. The van der Waals surface area contributed by atoms with Gasteiger partial charge in [0.1, 0.15) is 0 Å². The van der Waals surface area contributed by atoms with Crippen LogP contribution >= 0.6 is 0 Å². The standard InChI is InChI=1S/C59H42N2/c1-59(2)54-28-15-14-27-50(54)51-32-29-43(37-55(51)59)42-23-16-24-44(35-42)47-33-34-52(49-26-13-12-25-48(47)49)57-38-56(60-58(61-57)41-21-10-5-11-22-41)45-30-31-46(39-17-6-3-7-18-39)53(36-45)40-19-8-4-9-20-40/h3-38H,1-2H3. The maximum Gasteiger partial charge on any atom is 0.160 e. The van der Waals surface area contributed by atoms with Gasteiger partial charge in [-0.1, -0.05) is 208 Å². The lowest BCUT2D eigenvalue weighted by atomic mass is 9.81. The first-order valence-electron chi connectivity index (χ1n) is 21.1. The molecule has 2 heteroatoms. The second kappa shape index (κ2) is 14.9. The van der Waals surface area contributed by atoms with Gasteiger partial charge in [-0.25, -0.2) is 9.97 Å². The minimum atomic E-state index is -0.0530. The van der Waals surface area contributed by atoms with E-state index in [0.717, 1.165) is 44.6 Å². The van der Waals surface area contributed by atoms with Gasteiger partial charge in [0.05, 0.1) is 11.4 Å². The lowest BCUT2D eigenvalue weighted by molar-refractivity contribution is 0.660.